The van der Waals surface area contributed by atoms with E-state index in [9.17, 15) is 18.5 Å². The molecule has 0 spiro atoms. The monoisotopic (exact) mass is 537 g/mol. The predicted molar refractivity (Wildman–Crippen MR) is 129 cm³/mol. The van der Waals surface area contributed by atoms with Crippen LogP contribution in [0.3, 0.4) is 0 Å². The summed E-state index contributed by atoms with van der Waals surface area (Å²) in [6.07, 6.45) is 2.47. The second-order valence-electron chi connectivity index (χ2n) is 6.90. The van der Waals surface area contributed by atoms with E-state index < -0.39 is 20.3 Å². The van der Waals surface area contributed by atoms with Gasteiger partial charge in [0.2, 0.25) is 15.7 Å². The Morgan fingerprint density at radius 3 is 2.41 bits per heavy atom. The summed E-state index contributed by atoms with van der Waals surface area (Å²) in [5, 5.41) is 9.71. The van der Waals surface area contributed by atoms with Crippen LogP contribution in [0, 0.1) is 11.3 Å². The molecule has 0 saturated carbocycles. The second kappa shape index (κ2) is 9.51. The number of allylic oxidation sites excluding steroid dienone is 1. The first-order valence-electron chi connectivity index (χ1n) is 9.80. The standard InChI is InChI=1S/C24H16BrN3O5S/c1-32-20-6-2-3-7-21(20)33-23-19(24(29)28-13-5-4-8-22(28)27-23)14-18(15-26)34(30,31)17-11-9-16(25)10-12-17/h2-14H,1H3/b18-14-. The molecule has 4 aromatic rings. The number of hydrogen-bond donors (Lipinski definition) is 0. The zero-order valence-corrected chi connectivity index (χ0v) is 20.1. The minimum atomic E-state index is -4.22. The first-order valence-corrected chi connectivity index (χ1v) is 12.1. The zero-order chi connectivity index (χ0) is 24.3. The molecular weight excluding hydrogens is 522 g/mol. The predicted octanol–water partition coefficient (Wildman–Crippen LogP) is 4.60. The Labute approximate surface area is 203 Å². The van der Waals surface area contributed by atoms with Gasteiger partial charge in [0.25, 0.3) is 5.56 Å². The van der Waals surface area contributed by atoms with Gasteiger partial charge in [0.15, 0.2) is 11.5 Å². The molecule has 170 valence electrons. The van der Waals surface area contributed by atoms with Crippen molar-refractivity contribution >= 4 is 37.5 Å². The van der Waals surface area contributed by atoms with Crippen molar-refractivity contribution in [1.29, 1.82) is 5.26 Å². The summed E-state index contributed by atoms with van der Waals surface area (Å²) in [4.78, 5) is 17.0. The summed E-state index contributed by atoms with van der Waals surface area (Å²) in [5.41, 5.74) is -0.523. The molecule has 2 aromatic heterocycles. The highest BCUT2D eigenvalue weighted by Gasteiger charge is 2.24. The highest BCUT2D eigenvalue weighted by atomic mass is 79.9. The Morgan fingerprint density at radius 1 is 1.06 bits per heavy atom. The van der Waals surface area contributed by atoms with Crippen LogP contribution in [0.4, 0.5) is 0 Å². The lowest BCUT2D eigenvalue weighted by atomic mass is 10.2. The second-order valence-corrected chi connectivity index (χ2v) is 9.73. The zero-order valence-electron chi connectivity index (χ0n) is 17.7. The van der Waals surface area contributed by atoms with E-state index in [1.807, 2.05) is 0 Å². The van der Waals surface area contributed by atoms with Crippen LogP contribution in [0.1, 0.15) is 5.56 Å². The van der Waals surface area contributed by atoms with Gasteiger partial charge in [-0.15, -0.1) is 0 Å². The molecule has 2 aromatic carbocycles. The first kappa shape index (κ1) is 23.2. The van der Waals surface area contributed by atoms with Crippen molar-refractivity contribution in [2.75, 3.05) is 7.11 Å². The molecule has 8 nitrogen and oxygen atoms in total. The van der Waals surface area contributed by atoms with Crippen molar-refractivity contribution in [2.45, 2.75) is 4.90 Å². The first-order chi connectivity index (χ1) is 16.3. The Morgan fingerprint density at radius 2 is 1.74 bits per heavy atom. The molecule has 0 amide bonds. The van der Waals surface area contributed by atoms with Gasteiger partial charge in [0.05, 0.1) is 12.0 Å². The minimum absolute atomic E-state index is 0.0930. The van der Waals surface area contributed by atoms with Crippen LogP contribution >= 0.6 is 15.9 Å². The third-order valence-electron chi connectivity index (χ3n) is 4.81. The van der Waals surface area contributed by atoms with Crippen molar-refractivity contribution < 1.29 is 17.9 Å². The molecule has 0 aliphatic heterocycles. The number of pyridine rings is 1. The van der Waals surface area contributed by atoms with Crippen molar-refractivity contribution in [3.8, 4) is 23.4 Å². The van der Waals surface area contributed by atoms with Crippen LogP contribution in [0.2, 0.25) is 0 Å². The van der Waals surface area contributed by atoms with Gasteiger partial charge in [-0.3, -0.25) is 9.20 Å². The Balaban J connectivity index is 1.94. The quantitative estimate of drug-likeness (QED) is 0.330. The Bertz CT molecular complexity index is 1620. The molecule has 4 rings (SSSR count). The number of para-hydroxylation sites is 2. The lowest BCUT2D eigenvalue weighted by molar-refractivity contribution is 0.374. The highest BCUT2D eigenvalue weighted by molar-refractivity contribution is 9.10. The summed E-state index contributed by atoms with van der Waals surface area (Å²) < 4.78 is 39.4. The fraction of sp³-hybridized carbons (Fsp3) is 0.0417. The van der Waals surface area contributed by atoms with Crippen molar-refractivity contribution in [3.05, 3.63) is 98.2 Å². The average Bonchev–Trinajstić information content (AvgIpc) is 2.84. The largest absolute Gasteiger partial charge is 0.493 e. The average molecular weight is 538 g/mol. The van der Waals surface area contributed by atoms with Gasteiger partial charge in [0.1, 0.15) is 22.2 Å². The number of methoxy groups -OCH3 is 1. The van der Waals surface area contributed by atoms with Crippen LogP contribution in [0.5, 0.6) is 17.4 Å². The number of rotatable bonds is 6. The molecule has 34 heavy (non-hydrogen) atoms. The number of halogens is 1. The maximum atomic E-state index is 13.3. The number of aromatic nitrogens is 2. The number of benzene rings is 2. The van der Waals surface area contributed by atoms with Gasteiger partial charge in [-0.2, -0.15) is 10.2 Å². The van der Waals surface area contributed by atoms with Gasteiger partial charge in [-0.1, -0.05) is 34.1 Å². The van der Waals surface area contributed by atoms with E-state index in [0.717, 1.165) is 6.08 Å². The Hall–Kier alpha value is -3.94. The lowest BCUT2D eigenvalue weighted by Crippen LogP contribution is -2.19. The van der Waals surface area contributed by atoms with Gasteiger partial charge in [0, 0.05) is 10.7 Å². The maximum absolute atomic E-state index is 13.3. The number of fused-ring (bicyclic) bond motifs is 1. The SMILES string of the molecule is COc1ccccc1Oc1nc2ccccn2c(=O)c1/C=C(/C#N)S(=O)(=O)c1ccc(Br)cc1. The molecule has 0 bridgehead atoms. The summed E-state index contributed by atoms with van der Waals surface area (Å²) >= 11 is 3.25. The maximum Gasteiger partial charge on any atom is 0.269 e. The van der Waals surface area contributed by atoms with Crippen LogP contribution in [0.15, 0.2) is 92.0 Å². The topological polar surface area (TPSA) is 111 Å². The summed E-state index contributed by atoms with van der Waals surface area (Å²) in [6.45, 7) is 0. The number of sulfone groups is 1. The van der Waals surface area contributed by atoms with Crippen LogP contribution in [0.25, 0.3) is 11.7 Å². The van der Waals surface area contributed by atoms with E-state index in [-0.39, 0.29) is 27.7 Å². The molecule has 0 N–H and O–H groups in total. The van der Waals surface area contributed by atoms with Crippen molar-refractivity contribution in [2.24, 2.45) is 0 Å². The molecular formula is C24H16BrN3O5S. The van der Waals surface area contributed by atoms with Gasteiger partial charge < -0.3 is 9.47 Å². The number of nitrogens with zero attached hydrogens (tertiary/aromatic N) is 3. The van der Waals surface area contributed by atoms with E-state index in [4.69, 9.17) is 9.47 Å². The van der Waals surface area contributed by atoms with Gasteiger partial charge in [-0.25, -0.2) is 8.42 Å². The molecule has 0 unspecified atom stereocenters. The van der Waals surface area contributed by atoms with Gasteiger partial charge in [-0.05, 0) is 54.6 Å². The normalized spacial score (nSPS) is 11.7. The molecule has 2 heterocycles. The summed E-state index contributed by atoms with van der Waals surface area (Å²) in [5.74, 6) is 0.482. The van der Waals surface area contributed by atoms with Crippen molar-refractivity contribution in [3.63, 3.8) is 0 Å². The molecule has 0 fully saturated rings. The van der Waals surface area contributed by atoms with Crippen LogP contribution in [-0.4, -0.2) is 24.9 Å². The summed E-state index contributed by atoms with van der Waals surface area (Å²) in [7, 11) is -2.75. The van der Waals surface area contributed by atoms with Crippen LogP contribution < -0.4 is 15.0 Å². The van der Waals surface area contributed by atoms with E-state index in [1.54, 1.807) is 60.7 Å². The lowest BCUT2D eigenvalue weighted by Gasteiger charge is -2.12. The molecule has 0 aliphatic rings. The van der Waals surface area contributed by atoms with E-state index >= 15 is 0 Å². The molecule has 0 aliphatic carbocycles. The third-order valence-corrected chi connectivity index (χ3v) is 7.02. The fourth-order valence-electron chi connectivity index (χ4n) is 3.13. The molecule has 0 saturated heterocycles. The number of ether oxygens (including phenoxy) is 2. The summed E-state index contributed by atoms with van der Waals surface area (Å²) in [6, 6.07) is 19.2. The molecule has 0 radical (unpaired) electrons. The minimum Gasteiger partial charge on any atom is -0.493 e. The number of nitriles is 1. The van der Waals surface area contributed by atoms with E-state index in [0.29, 0.717) is 10.2 Å². The third kappa shape index (κ3) is 4.44. The van der Waals surface area contributed by atoms with E-state index in [1.165, 1.54) is 29.8 Å². The Kier molecular flexibility index (Phi) is 6.49. The fourth-order valence-corrected chi connectivity index (χ4v) is 4.54. The van der Waals surface area contributed by atoms with E-state index in [2.05, 4.69) is 20.9 Å². The smallest absolute Gasteiger partial charge is 0.269 e. The highest BCUT2D eigenvalue weighted by Crippen LogP contribution is 2.32. The number of hydrogen-bond acceptors (Lipinski definition) is 7. The molecule has 10 heteroatoms. The van der Waals surface area contributed by atoms with Crippen molar-refractivity contribution in [1.82, 2.24) is 9.38 Å². The van der Waals surface area contributed by atoms with Crippen LogP contribution in [-0.2, 0) is 9.84 Å². The molecule has 0 atom stereocenters. The van der Waals surface area contributed by atoms with Gasteiger partial charge >= 0.3 is 0 Å².